The van der Waals surface area contributed by atoms with E-state index >= 15 is 0 Å². The summed E-state index contributed by atoms with van der Waals surface area (Å²) in [4.78, 5) is 2.45. The Morgan fingerprint density at radius 1 is 0.704 bits per heavy atom. The molecule has 1 N–H and O–H groups in total. The van der Waals surface area contributed by atoms with Crippen LogP contribution in [0, 0.1) is 0 Å². The van der Waals surface area contributed by atoms with E-state index < -0.39 is 5.60 Å². The molecule has 4 rings (SSSR count). The summed E-state index contributed by atoms with van der Waals surface area (Å²) >= 11 is 0. The van der Waals surface area contributed by atoms with Crippen LogP contribution in [0.1, 0.15) is 35.1 Å². The lowest BCUT2D eigenvalue weighted by molar-refractivity contribution is -0.0283. The van der Waals surface area contributed by atoms with Gasteiger partial charge in [0.15, 0.2) is 0 Å². The minimum Gasteiger partial charge on any atom is -0.385 e. The van der Waals surface area contributed by atoms with Gasteiger partial charge in [-0.3, -0.25) is 4.90 Å². The molecule has 0 aromatic heterocycles. The Kier molecular flexibility index (Phi) is 5.38. The number of benzene rings is 3. The van der Waals surface area contributed by atoms with Crippen LogP contribution < -0.4 is 0 Å². The first-order chi connectivity index (χ1) is 13.2. The van der Waals surface area contributed by atoms with E-state index in [1.807, 2.05) is 6.07 Å². The van der Waals surface area contributed by atoms with Gasteiger partial charge < -0.3 is 5.11 Å². The lowest BCUT2D eigenvalue weighted by Crippen LogP contribution is -2.42. The summed E-state index contributed by atoms with van der Waals surface area (Å²) in [5.41, 5.74) is 4.25. The molecule has 0 saturated carbocycles. The van der Waals surface area contributed by atoms with Crippen molar-refractivity contribution >= 4 is 0 Å². The van der Waals surface area contributed by atoms with E-state index in [2.05, 4.69) is 83.8 Å². The summed E-state index contributed by atoms with van der Waals surface area (Å²) in [6, 6.07) is 29.5. The molecule has 0 radical (unpaired) electrons. The fourth-order valence-electron chi connectivity index (χ4n) is 4.14. The smallest absolute Gasteiger partial charge is 0.0923 e. The molecule has 3 aromatic carbocycles. The van der Waals surface area contributed by atoms with Crippen LogP contribution in [0.15, 0.2) is 84.9 Å². The monoisotopic (exact) mass is 357 g/mol. The van der Waals surface area contributed by atoms with E-state index in [1.165, 1.54) is 16.7 Å². The Balaban J connectivity index is 1.47. The Morgan fingerprint density at radius 2 is 1.26 bits per heavy atom. The molecule has 0 aliphatic carbocycles. The molecule has 2 nitrogen and oxygen atoms in total. The predicted molar refractivity (Wildman–Crippen MR) is 111 cm³/mol. The third kappa shape index (κ3) is 4.29. The third-order valence-electron chi connectivity index (χ3n) is 5.69. The van der Waals surface area contributed by atoms with Gasteiger partial charge in [-0.1, -0.05) is 84.9 Å². The van der Waals surface area contributed by atoms with Crippen molar-refractivity contribution in [3.8, 4) is 0 Å². The van der Waals surface area contributed by atoms with Gasteiger partial charge in [-0.2, -0.15) is 0 Å². The summed E-state index contributed by atoms with van der Waals surface area (Å²) < 4.78 is 0. The van der Waals surface area contributed by atoms with Gasteiger partial charge in [0.25, 0.3) is 0 Å². The maximum Gasteiger partial charge on any atom is 0.0923 e. The van der Waals surface area contributed by atoms with Gasteiger partial charge in [-0.05, 0) is 41.5 Å². The van der Waals surface area contributed by atoms with Crippen molar-refractivity contribution in [2.24, 2.45) is 0 Å². The highest BCUT2D eigenvalue weighted by atomic mass is 16.3. The SMILES string of the molecule is OC1(c2ccccc2Cc2ccccc2)CCN(Cc2ccccc2)CC1. The molecule has 0 atom stereocenters. The van der Waals surface area contributed by atoms with E-state index in [1.54, 1.807) is 0 Å². The third-order valence-corrected chi connectivity index (χ3v) is 5.69. The van der Waals surface area contributed by atoms with Crippen LogP contribution in [-0.4, -0.2) is 23.1 Å². The van der Waals surface area contributed by atoms with Crippen LogP contribution in [0.2, 0.25) is 0 Å². The van der Waals surface area contributed by atoms with Crippen LogP contribution in [0.25, 0.3) is 0 Å². The summed E-state index contributed by atoms with van der Waals surface area (Å²) in [5, 5.41) is 11.5. The maximum absolute atomic E-state index is 11.5. The molecule has 3 aromatic rings. The molecular formula is C25H27NO. The summed E-state index contributed by atoms with van der Waals surface area (Å²) in [7, 11) is 0. The van der Waals surface area contributed by atoms with Crippen molar-refractivity contribution in [2.45, 2.75) is 31.4 Å². The molecule has 27 heavy (non-hydrogen) atoms. The Bertz CT molecular complexity index is 852. The van der Waals surface area contributed by atoms with Crippen molar-refractivity contribution in [1.29, 1.82) is 0 Å². The number of nitrogens with zero attached hydrogens (tertiary/aromatic N) is 1. The molecular weight excluding hydrogens is 330 g/mol. The van der Waals surface area contributed by atoms with Crippen LogP contribution in [-0.2, 0) is 18.6 Å². The number of piperidine rings is 1. The Hall–Kier alpha value is -2.42. The largest absolute Gasteiger partial charge is 0.385 e. The van der Waals surface area contributed by atoms with E-state index in [0.29, 0.717) is 0 Å². The predicted octanol–water partition coefficient (Wildman–Crippen LogP) is 4.76. The fraction of sp³-hybridized carbons (Fsp3) is 0.280. The first-order valence-corrected chi connectivity index (χ1v) is 9.84. The number of hydrogen-bond donors (Lipinski definition) is 1. The van der Waals surface area contributed by atoms with Crippen LogP contribution in [0.5, 0.6) is 0 Å². The van der Waals surface area contributed by atoms with Crippen molar-refractivity contribution in [1.82, 2.24) is 4.90 Å². The van der Waals surface area contributed by atoms with Gasteiger partial charge in [0.1, 0.15) is 0 Å². The first-order valence-electron chi connectivity index (χ1n) is 9.84. The minimum atomic E-state index is -0.724. The average molecular weight is 357 g/mol. The molecule has 138 valence electrons. The van der Waals surface area contributed by atoms with E-state index in [0.717, 1.165) is 44.5 Å². The number of aliphatic hydroxyl groups is 1. The number of likely N-dealkylation sites (tertiary alicyclic amines) is 1. The van der Waals surface area contributed by atoms with Gasteiger partial charge in [0.2, 0.25) is 0 Å². The second kappa shape index (κ2) is 8.08. The Labute approximate surface area is 162 Å². The highest BCUT2D eigenvalue weighted by molar-refractivity contribution is 5.37. The van der Waals surface area contributed by atoms with Crippen LogP contribution in [0.3, 0.4) is 0 Å². The molecule has 0 spiro atoms. The van der Waals surface area contributed by atoms with Crippen molar-refractivity contribution < 1.29 is 5.11 Å². The molecule has 1 aliphatic heterocycles. The quantitative estimate of drug-likeness (QED) is 0.711. The second-order valence-corrected chi connectivity index (χ2v) is 7.61. The van der Waals surface area contributed by atoms with E-state index in [-0.39, 0.29) is 0 Å². The van der Waals surface area contributed by atoms with Crippen molar-refractivity contribution in [3.05, 3.63) is 107 Å². The summed E-state index contributed by atoms with van der Waals surface area (Å²) in [5.74, 6) is 0. The van der Waals surface area contributed by atoms with Gasteiger partial charge >= 0.3 is 0 Å². The van der Waals surface area contributed by atoms with Gasteiger partial charge in [-0.15, -0.1) is 0 Å². The molecule has 1 heterocycles. The van der Waals surface area contributed by atoms with Crippen LogP contribution >= 0.6 is 0 Å². The maximum atomic E-state index is 11.5. The molecule has 1 saturated heterocycles. The summed E-state index contributed by atoms with van der Waals surface area (Å²) in [6.45, 7) is 2.80. The van der Waals surface area contributed by atoms with Gasteiger partial charge in [0, 0.05) is 19.6 Å². The van der Waals surface area contributed by atoms with Gasteiger partial charge in [0.05, 0.1) is 5.60 Å². The molecule has 1 aliphatic rings. The first kappa shape index (κ1) is 18.0. The molecule has 2 heteroatoms. The molecule has 0 bridgehead atoms. The zero-order chi connectivity index (χ0) is 18.5. The van der Waals surface area contributed by atoms with E-state index in [9.17, 15) is 5.11 Å². The summed E-state index contributed by atoms with van der Waals surface area (Å²) in [6.07, 6.45) is 2.43. The highest BCUT2D eigenvalue weighted by Gasteiger charge is 2.35. The fourth-order valence-corrected chi connectivity index (χ4v) is 4.14. The van der Waals surface area contributed by atoms with E-state index in [4.69, 9.17) is 0 Å². The minimum absolute atomic E-state index is 0.724. The normalized spacial score (nSPS) is 16.9. The average Bonchev–Trinajstić information content (AvgIpc) is 2.72. The van der Waals surface area contributed by atoms with Crippen LogP contribution in [0.4, 0.5) is 0 Å². The topological polar surface area (TPSA) is 23.5 Å². The molecule has 1 fully saturated rings. The highest BCUT2D eigenvalue weighted by Crippen LogP contribution is 2.36. The lowest BCUT2D eigenvalue weighted by Gasteiger charge is -2.39. The zero-order valence-corrected chi connectivity index (χ0v) is 15.7. The zero-order valence-electron chi connectivity index (χ0n) is 15.7. The second-order valence-electron chi connectivity index (χ2n) is 7.61. The lowest BCUT2D eigenvalue weighted by atomic mass is 9.80. The van der Waals surface area contributed by atoms with Gasteiger partial charge in [-0.25, -0.2) is 0 Å². The molecule has 0 amide bonds. The van der Waals surface area contributed by atoms with Crippen molar-refractivity contribution in [3.63, 3.8) is 0 Å². The number of hydrogen-bond acceptors (Lipinski definition) is 2. The standard InChI is InChI=1S/C25H27NO/c27-25(15-17-26(18-16-25)20-22-11-5-2-6-12-22)24-14-8-7-13-23(24)19-21-9-3-1-4-10-21/h1-14,27H,15-20H2. The number of rotatable bonds is 5. The Morgan fingerprint density at radius 3 is 1.93 bits per heavy atom. The molecule has 0 unspecified atom stereocenters. The van der Waals surface area contributed by atoms with Crippen molar-refractivity contribution in [2.75, 3.05) is 13.1 Å².